The zero-order valence-corrected chi connectivity index (χ0v) is 20.9. The van der Waals surface area contributed by atoms with E-state index in [0.717, 1.165) is 23.9 Å². The molecule has 36 heavy (non-hydrogen) atoms. The smallest absolute Gasteiger partial charge is 0.416 e. The van der Waals surface area contributed by atoms with Crippen LogP contribution in [0.1, 0.15) is 41.6 Å². The number of rotatable bonds is 9. The number of aromatic nitrogens is 3. The number of benzene rings is 2. The van der Waals surface area contributed by atoms with Gasteiger partial charge in [0.2, 0.25) is 5.91 Å². The van der Waals surface area contributed by atoms with Gasteiger partial charge in [-0.3, -0.25) is 9.59 Å². The predicted octanol–water partition coefficient (Wildman–Crippen LogP) is 4.70. The molecule has 3 rings (SSSR count). The molecule has 2 aromatic carbocycles. The van der Waals surface area contributed by atoms with Crippen molar-refractivity contribution in [1.82, 2.24) is 20.1 Å². The Hall–Kier alpha value is -3.54. The van der Waals surface area contributed by atoms with Crippen LogP contribution in [0.2, 0.25) is 0 Å². The van der Waals surface area contributed by atoms with Crippen LogP contribution in [0.3, 0.4) is 0 Å². The quantitative estimate of drug-likeness (QED) is 0.396. The Kier molecular flexibility index (Phi) is 8.62. The first-order valence-corrected chi connectivity index (χ1v) is 11.9. The molecule has 1 aromatic heterocycles. The molecule has 0 aliphatic carbocycles. The highest BCUT2D eigenvalue weighted by atomic mass is 32.2. The number of nitrogens with one attached hydrogen (secondary N) is 2. The molecular weight excluding hydrogens is 495 g/mol. The molecule has 0 spiro atoms. The van der Waals surface area contributed by atoms with Crippen LogP contribution in [-0.2, 0) is 18.0 Å². The number of hydrogen-bond donors (Lipinski definition) is 2. The Labute approximate surface area is 210 Å². The Balaban J connectivity index is 1.65. The van der Waals surface area contributed by atoms with Crippen molar-refractivity contribution in [3.63, 3.8) is 0 Å². The fourth-order valence-electron chi connectivity index (χ4n) is 3.32. The number of carbonyl (C=O) groups is 2. The van der Waals surface area contributed by atoms with E-state index < -0.39 is 23.7 Å². The minimum absolute atomic E-state index is 0.0165. The molecule has 2 N–H and O–H groups in total. The van der Waals surface area contributed by atoms with Crippen LogP contribution in [0.5, 0.6) is 5.75 Å². The number of ether oxygens (including phenoxy) is 1. The Morgan fingerprint density at radius 2 is 1.81 bits per heavy atom. The van der Waals surface area contributed by atoms with Crippen LogP contribution in [0.15, 0.2) is 53.7 Å². The topological polar surface area (TPSA) is 98.1 Å². The fraction of sp³-hybridized carbons (Fsp3) is 0.333. The van der Waals surface area contributed by atoms with Gasteiger partial charge in [-0.25, -0.2) is 0 Å². The second-order valence-electron chi connectivity index (χ2n) is 8.24. The molecule has 8 nitrogen and oxygen atoms in total. The van der Waals surface area contributed by atoms with Gasteiger partial charge >= 0.3 is 6.18 Å². The van der Waals surface area contributed by atoms with E-state index in [0.29, 0.717) is 22.3 Å². The third-order valence-corrected chi connectivity index (χ3v) is 6.28. The van der Waals surface area contributed by atoms with Crippen LogP contribution >= 0.6 is 11.8 Å². The summed E-state index contributed by atoms with van der Waals surface area (Å²) < 4.78 is 45.5. The number of thioether (sulfide) groups is 1. The van der Waals surface area contributed by atoms with E-state index in [-0.39, 0.29) is 23.3 Å². The summed E-state index contributed by atoms with van der Waals surface area (Å²) >= 11 is 1.08. The summed E-state index contributed by atoms with van der Waals surface area (Å²) in [6.07, 6.45) is -4.50. The van der Waals surface area contributed by atoms with Crippen molar-refractivity contribution < 1.29 is 27.5 Å². The molecular formula is C24H26F3N5O3S. The number of anilines is 1. The first-order valence-electron chi connectivity index (χ1n) is 10.9. The van der Waals surface area contributed by atoms with Gasteiger partial charge in [0.1, 0.15) is 5.75 Å². The van der Waals surface area contributed by atoms with Crippen molar-refractivity contribution in [3.05, 3.63) is 65.5 Å². The van der Waals surface area contributed by atoms with Gasteiger partial charge in [-0.1, -0.05) is 31.7 Å². The lowest BCUT2D eigenvalue weighted by atomic mass is 10.0. The molecule has 0 saturated carbocycles. The highest BCUT2D eigenvalue weighted by Crippen LogP contribution is 2.31. The van der Waals surface area contributed by atoms with Gasteiger partial charge in [0, 0.05) is 18.3 Å². The summed E-state index contributed by atoms with van der Waals surface area (Å²) in [5.41, 5.74) is -0.331. The average molecular weight is 522 g/mol. The maximum atomic E-state index is 12.9. The molecule has 12 heteroatoms. The molecule has 2 amide bonds. The Morgan fingerprint density at radius 3 is 2.42 bits per heavy atom. The lowest BCUT2D eigenvalue weighted by molar-refractivity contribution is -0.137. The first kappa shape index (κ1) is 27.1. The van der Waals surface area contributed by atoms with Crippen molar-refractivity contribution in [2.24, 2.45) is 13.0 Å². The minimum Gasteiger partial charge on any atom is -0.497 e. The normalized spacial score (nSPS) is 12.3. The number of nitrogens with zero attached hydrogens (tertiary/aromatic N) is 3. The predicted molar refractivity (Wildman–Crippen MR) is 130 cm³/mol. The average Bonchev–Trinajstić information content (AvgIpc) is 3.20. The van der Waals surface area contributed by atoms with E-state index in [2.05, 4.69) is 20.8 Å². The third-order valence-electron chi connectivity index (χ3n) is 5.26. The van der Waals surface area contributed by atoms with E-state index >= 15 is 0 Å². The molecule has 0 fully saturated rings. The minimum atomic E-state index is -4.50. The summed E-state index contributed by atoms with van der Waals surface area (Å²) in [7, 11) is 3.26. The van der Waals surface area contributed by atoms with Gasteiger partial charge in [-0.05, 0) is 48.4 Å². The molecule has 192 valence electrons. The molecule has 0 unspecified atom stereocenters. The zero-order valence-electron chi connectivity index (χ0n) is 20.1. The van der Waals surface area contributed by atoms with Crippen molar-refractivity contribution in [2.45, 2.75) is 31.2 Å². The number of hydrogen-bond acceptors (Lipinski definition) is 6. The van der Waals surface area contributed by atoms with Crippen LogP contribution in [0.4, 0.5) is 18.9 Å². The van der Waals surface area contributed by atoms with Crippen LogP contribution in [-0.4, -0.2) is 39.4 Å². The summed E-state index contributed by atoms with van der Waals surface area (Å²) in [5.74, 6) is 0.266. The van der Waals surface area contributed by atoms with E-state index in [1.807, 2.05) is 13.8 Å². The highest BCUT2D eigenvalue weighted by molar-refractivity contribution is 7.99. The van der Waals surface area contributed by atoms with Gasteiger partial charge in [0.05, 0.1) is 24.5 Å². The Morgan fingerprint density at radius 1 is 1.11 bits per heavy atom. The monoisotopic (exact) mass is 521 g/mol. The van der Waals surface area contributed by atoms with Crippen LogP contribution in [0.25, 0.3) is 0 Å². The van der Waals surface area contributed by atoms with Gasteiger partial charge in [0.25, 0.3) is 5.91 Å². The van der Waals surface area contributed by atoms with Crippen molar-refractivity contribution >= 4 is 29.3 Å². The molecule has 0 radical (unpaired) electrons. The molecule has 0 aliphatic heterocycles. The van der Waals surface area contributed by atoms with Gasteiger partial charge in [-0.15, -0.1) is 10.2 Å². The van der Waals surface area contributed by atoms with Crippen LogP contribution < -0.4 is 15.4 Å². The zero-order chi connectivity index (χ0) is 26.5. The molecule has 3 aromatic rings. The molecule has 0 aliphatic rings. The van der Waals surface area contributed by atoms with E-state index in [4.69, 9.17) is 4.74 Å². The summed E-state index contributed by atoms with van der Waals surface area (Å²) in [4.78, 5) is 25.1. The van der Waals surface area contributed by atoms with E-state index in [1.165, 1.54) is 12.1 Å². The lowest BCUT2D eigenvalue weighted by Crippen LogP contribution is -2.33. The first-order chi connectivity index (χ1) is 17.0. The highest BCUT2D eigenvalue weighted by Gasteiger charge is 2.30. The number of carbonyl (C=O) groups excluding carboxylic acids is 2. The molecule has 0 bridgehead atoms. The summed E-state index contributed by atoms with van der Waals surface area (Å²) in [6, 6.07) is 10.7. The summed E-state index contributed by atoms with van der Waals surface area (Å²) in [5, 5.41) is 14.2. The van der Waals surface area contributed by atoms with Crippen molar-refractivity contribution in [1.29, 1.82) is 0 Å². The van der Waals surface area contributed by atoms with Gasteiger partial charge < -0.3 is 19.9 Å². The largest absolute Gasteiger partial charge is 0.497 e. The number of halogens is 3. The van der Waals surface area contributed by atoms with Crippen molar-refractivity contribution in [3.8, 4) is 5.75 Å². The Bertz CT molecular complexity index is 1210. The van der Waals surface area contributed by atoms with Crippen LogP contribution in [0, 0.1) is 5.92 Å². The SMILES string of the molecule is COc1ccc(C(=O)N[C@@H](c2nnc(SCC(=O)Nc3cccc(C(F)(F)F)c3)n2C)C(C)C)cc1. The van der Waals surface area contributed by atoms with Gasteiger partial charge in [0.15, 0.2) is 11.0 Å². The molecule has 0 saturated heterocycles. The number of amides is 2. The standard InChI is InChI=1S/C24H26F3N5O3S/c1-14(2)20(29-22(34)15-8-10-18(35-4)11-9-15)21-30-31-23(32(21)3)36-13-19(33)28-17-7-5-6-16(12-17)24(25,26)27/h5-12,14,20H,13H2,1-4H3,(H,28,33)(H,29,34)/t20-/m1/s1. The second-order valence-corrected chi connectivity index (χ2v) is 9.18. The van der Waals surface area contributed by atoms with Gasteiger partial charge in [-0.2, -0.15) is 13.2 Å². The fourth-order valence-corrected chi connectivity index (χ4v) is 4.04. The number of methoxy groups -OCH3 is 1. The molecule has 1 heterocycles. The van der Waals surface area contributed by atoms with E-state index in [1.54, 1.807) is 43.0 Å². The van der Waals surface area contributed by atoms with Crippen molar-refractivity contribution in [2.75, 3.05) is 18.2 Å². The number of alkyl halides is 3. The van der Waals surface area contributed by atoms with E-state index in [9.17, 15) is 22.8 Å². The lowest BCUT2D eigenvalue weighted by Gasteiger charge is -2.21. The maximum Gasteiger partial charge on any atom is 0.416 e. The molecule has 1 atom stereocenters. The maximum absolute atomic E-state index is 12.9. The summed E-state index contributed by atoms with van der Waals surface area (Å²) in [6.45, 7) is 3.87. The second kappa shape index (κ2) is 11.5. The third kappa shape index (κ3) is 6.78.